The Morgan fingerprint density at radius 2 is 1.77 bits per heavy atom. The van der Waals surface area contributed by atoms with Crippen LogP contribution in [-0.2, 0) is 4.79 Å². The number of nitrogens with one attached hydrogen (secondary N) is 2. The average Bonchev–Trinajstić information content (AvgIpc) is 2.47. The highest BCUT2D eigenvalue weighted by Crippen LogP contribution is 2.21. The molecule has 22 heavy (non-hydrogen) atoms. The van der Waals surface area contributed by atoms with Gasteiger partial charge in [-0.1, -0.05) is 18.2 Å². The SMILES string of the molecule is O=C(CSc1ccc(F)cc1F)NC(=O)Nc1ccccc1. The molecule has 0 aromatic heterocycles. The number of hydrogen-bond acceptors (Lipinski definition) is 3. The van der Waals surface area contributed by atoms with E-state index >= 15 is 0 Å². The number of amides is 3. The highest BCUT2D eigenvalue weighted by atomic mass is 32.2. The van der Waals surface area contributed by atoms with Crippen molar-refractivity contribution in [2.24, 2.45) is 0 Å². The molecule has 2 aromatic rings. The molecule has 2 rings (SSSR count). The van der Waals surface area contributed by atoms with Gasteiger partial charge in [-0.2, -0.15) is 0 Å². The van der Waals surface area contributed by atoms with Crippen molar-refractivity contribution in [3.05, 3.63) is 60.2 Å². The van der Waals surface area contributed by atoms with Gasteiger partial charge in [0.15, 0.2) is 0 Å². The molecule has 0 saturated heterocycles. The van der Waals surface area contributed by atoms with Gasteiger partial charge in [0.1, 0.15) is 11.6 Å². The minimum absolute atomic E-state index is 0.139. The van der Waals surface area contributed by atoms with Gasteiger partial charge < -0.3 is 5.32 Å². The molecule has 0 fully saturated rings. The summed E-state index contributed by atoms with van der Waals surface area (Å²) >= 11 is 0.878. The molecule has 0 saturated carbocycles. The summed E-state index contributed by atoms with van der Waals surface area (Å²) < 4.78 is 26.1. The molecule has 0 heterocycles. The second kappa shape index (κ2) is 7.56. The van der Waals surface area contributed by atoms with Crippen LogP contribution in [0.25, 0.3) is 0 Å². The molecular weight excluding hydrogens is 310 g/mol. The number of thioether (sulfide) groups is 1. The van der Waals surface area contributed by atoms with Crippen LogP contribution in [-0.4, -0.2) is 17.7 Å². The van der Waals surface area contributed by atoms with Gasteiger partial charge in [-0.25, -0.2) is 13.6 Å². The monoisotopic (exact) mass is 322 g/mol. The lowest BCUT2D eigenvalue weighted by molar-refractivity contribution is -0.117. The standard InChI is InChI=1S/C15H12F2N2O2S/c16-10-6-7-13(12(17)8-10)22-9-14(20)19-15(21)18-11-4-2-1-3-5-11/h1-8H,9H2,(H2,18,19,20,21). The van der Waals surface area contributed by atoms with Gasteiger partial charge in [0.25, 0.3) is 0 Å². The molecule has 3 amide bonds. The van der Waals surface area contributed by atoms with Gasteiger partial charge in [0.05, 0.1) is 5.75 Å². The Bertz CT molecular complexity index is 680. The van der Waals surface area contributed by atoms with E-state index in [9.17, 15) is 18.4 Å². The molecule has 0 unspecified atom stereocenters. The number of hydrogen-bond donors (Lipinski definition) is 2. The Balaban J connectivity index is 1.81. The fraction of sp³-hybridized carbons (Fsp3) is 0.0667. The molecule has 2 aromatic carbocycles. The third kappa shape index (κ3) is 4.85. The second-order valence-electron chi connectivity index (χ2n) is 4.23. The van der Waals surface area contributed by atoms with Gasteiger partial charge in [-0.05, 0) is 24.3 Å². The van der Waals surface area contributed by atoms with Crippen molar-refractivity contribution in [1.29, 1.82) is 0 Å². The lowest BCUT2D eigenvalue weighted by atomic mass is 10.3. The summed E-state index contributed by atoms with van der Waals surface area (Å²) in [7, 11) is 0. The van der Waals surface area contributed by atoms with Crippen LogP contribution in [0, 0.1) is 11.6 Å². The molecule has 114 valence electrons. The van der Waals surface area contributed by atoms with Crippen LogP contribution in [0.1, 0.15) is 0 Å². The molecule has 0 spiro atoms. The molecule has 0 aliphatic rings. The molecule has 0 aliphatic carbocycles. The lowest BCUT2D eigenvalue weighted by Gasteiger charge is -2.07. The number of halogens is 2. The number of carbonyl (C=O) groups is 2. The predicted molar refractivity (Wildman–Crippen MR) is 80.7 cm³/mol. The van der Waals surface area contributed by atoms with Gasteiger partial charge in [-0.3, -0.25) is 10.1 Å². The van der Waals surface area contributed by atoms with E-state index < -0.39 is 23.6 Å². The maximum absolute atomic E-state index is 13.4. The van der Waals surface area contributed by atoms with Crippen LogP contribution < -0.4 is 10.6 Å². The van der Waals surface area contributed by atoms with E-state index in [1.165, 1.54) is 6.07 Å². The summed E-state index contributed by atoms with van der Waals surface area (Å²) in [5, 5.41) is 4.61. The van der Waals surface area contributed by atoms with Crippen molar-refractivity contribution >= 4 is 29.4 Å². The maximum atomic E-state index is 13.4. The summed E-state index contributed by atoms with van der Waals surface area (Å²) in [6, 6.07) is 11.0. The molecule has 0 atom stereocenters. The van der Waals surface area contributed by atoms with Gasteiger partial charge in [0.2, 0.25) is 5.91 Å². The summed E-state index contributed by atoms with van der Waals surface area (Å²) in [6.45, 7) is 0. The van der Waals surface area contributed by atoms with Crippen LogP contribution in [0.5, 0.6) is 0 Å². The maximum Gasteiger partial charge on any atom is 0.325 e. The number of rotatable bonds is 4. The number of para-hydroxylation sites is 1. The van der Waals surface area contributed by atoms with Crippen LogP contribution in [0.4, 0.5) is 19.3 Å². The summed E-state index contributed by atoms with van der Waals surface area (Å²) in [6.07, 6.45) is 0. The quantitative estimate of drug-likeness (QED) is 0.848. The summed E-state index contributed by atoms with van der Waals surface area (Å²) in [5.74, 6) is -2.17. The van der Waals surface area contributed by atoms with E-state index in [-0.39, 0.29) is 10.6 Å². The first-order valence-electron chi connectivity index (χ1n) is 6.28. The second-order valence-corrected chi connectivity index (χ2v) is 5.25. The summed E-state index contributed by atoms with van der Waals surface area (Å²) in [5.41, 5.74) is 0.546. The zero-order chi connectivity index (χ0) is 15.9. The molecule has 0 aliphatic heterocycles. The van der Waals surface area contributed by atoms with Crippen molar-refractivity contribution in [2.75, 3.05) is 11.1 Å². The van der Waals surface area contributed by atoms with E-state index in [2.05, 4.69) is 10.6 Å². The Kier molecular flexibility index (Phi) is 5.48. The van der Waals surface area contributed by atoms with Crippen molar-refractivity contribution in [3.8, 4) is 0 Å². The molecule has 7 heteroatoms. The minimum atomic E-state index is -0.744. The van der Waals surface area contributed by atoms with Gasteiger partial charge in [-0.15, -0.1) is 11.8 Å². The van der Waals surface area contributed by atoms with Crippen LogP contribution >= 0.6 is 11.8 Å². The first-order chi connectivity index (χ1) is 10.5. The minimum Gasteiger partial charge on any atom is -0.308 e. The smallest absolute Gasteiger partial charge is 0.308 e. The Labute approximate surface area is 129 Å². The van der Waals surface area contributed by atoms with Gasteiger partial charge >= 0.3 is 6.03 Å². The molecule has 2 N–H and O–H groups in total. The normalized spacial score (nSPS) is 10.1. The number of benzene rings is 2. The highest BCUT2D eigenvalue weighted by molar-refractivity contribution is 8.00. The van der Waals surface area contributed by atoms with Crippen molar-refractivity contribution in [3.63, 3.8) is 0 Å². The third-order valence-corrected chi connectivity index (χ3v) is 3.59. The first kappa shape index (κ1) is 16.0. The molecule has 0 bridgehead atoms. The Hall–Kier alpha value is -2.41. The molecule has 4 nitrogen and oxygen atoms in total. The largest absolute Gasteiger partial charge is 0.325 e. The van der Waals surface area contributed by atoms with E-state index in [1.807, 2.05) is 0 Å². The van der Waals surface area contributed by atoms with E-state index in [4.69, 9.17) is 0 Å². The zero-order valence-electron chi connectivity index (χ0n) is 11.3. The Morgan fingerprint density at radius 1 is 1.05 bits per heavy atom. The number of urea groups is 1. The van der Waals surface area contributed by atoms with E-state index in [1.54, 1.807) is 30.3 Å². The topological polar surface area (TPSA) is 58.2 Å². The fourth-order valence-corrected chi connectivity index (χ4v) is 2.30. The van der Waals surface area contributed by atoms with Crippen molar-refractivity contribution < 1.29 is 18.4 Å². The number of carbonyl (C=O) groups excluding carboxylic acids is 2. The fourth-order valence-electron chi connectivity index (χ4n) is 1.58. The third-order valence-electron chi connectivity index (χ3n) is 2.54. The number of imide groups is 1. The number of anilines is 1. The van der Waals surface area contributed by atoms with Crippen molar-refractivity contribution in [2.45, 2.75) is 4.90 Å². The van der Waals surface area contributed by atoms with Gasteiger partial charge in [0, 0.05) is 16.6 Å². The molecular formula is C15H12F2N2O2S. The highest BCUT2D eigenvalue weighted by Gasteiger charge is 2.10. The zero-order valence-corrected chi connectivity index (χ0v) is 12.1. The van der Waals surface area contributed by atoms with E-state index in [0.717, 1.165) is 23.9 Å². The van der Waals surface area contributed by atoms with Crippen LogP contribution in [0.15, 0.2) is 53.4 Å². The average molecular weight is 322 g/mol. The lowest BCUT2D eigenvalue weighted by Crippen LogP contribution is -2.35. The Morgan fingerprint density at radius 3 is 2.45 bits per heavy atom. The predicted octanol–water partition coefficient (Wildman–Crippen LogP) is 3.41. The van der Waals surface area contributed by atoms with Crippen LogP contribution in [0.2, 0.25) is 0 Å². The summed E-state index contributed by atoms with van der Waals surface area (Å²) in [4.78, 5) is 23.3. The van der Waals surface area contributed by atoms with Crippen LogP contribution in [0.3, 0.4) is 0 Å². The van der Waals surface area contributed by atoms with Crippen molar-refractivity contribution in [1.82, 2.24) is 5.32 Å². The van der Waals surface area contributed by atoms with E-state index in [0.29, 0.717) is 5.69 Å². The molecule has 0 radical (unpaired) electrons. The first-order valence-corrected chi connectivity index (χ1v) is 7.27.